The molecule has 0 atom stereocenters. The maximum Gasteiger partial charge on any atom is 0.433 e. The van der Waals surface area contributed by atoms with Crippen LogP contribution in [0, 0.1) is 0 Å². The van der Waals surface area contributed by atoms with E-state index < -0.39 is 21.9 Å². The van der Waals surface area contributed by atoms with Crippen molar-refractivity contribution in [1.82, 2.24) is 9.71 Å². The Balaban J connectivity index is 0.00000242. The van der Waals surface area contributed by atoms with Crippen molar-refractivity contribution in [3.05, 3.63) is 24.0 Å². The van der Waals surface area contributed by atoms with Crippen LogP contribution in [0.15, 0.2) is 23.2 Å². The Labute approximate surface area is 133 Å². The van der Waals surface area contributed by atoms with Gasteiger partial charge in [0, 0.05) is 18.3 Å². The van der Waals surface area contributed by atoms with Crippen LogP contribution in [0.4, 0.5) is 13.2 Å². The number of nitrogens with zero attached hydrogens (tertiary/aromatic N) is 1. The highest BCUT2D eigenvalue weighted by Gasteiger charge is 2.33. The monoisotopic (exact) mass is 359 g/mol. The van der Waals surface area contributed by atoms with Crippen molar-refractivity contribution in [2.45, 2.75) is 48.8 Å². The third kappa shape index (κ3) is 4.80. The lowest BCUT2D eigenvalue weighted by Crippen LogP contribution is -2.40. The second-order valence-corrected chi connectivity index (χ2v) is 6.82. The first-order chi connectivity index (χ1) is 9.68. The van der Waals surface area contributed by atoms with Crippen LogP contribution in [0.25, 0.3) is 0 Å². The van der Waals surface area contributed by atoms with Gasteiger partial charge in [-0.15, -0.1) is 12.4 Å². The molecular formula is C12H17ClF3N3O2S. The van der Waals surface area contributed by atoms with Crippen LogP contribution >= 0.6 is 12.4 Å². The standard InChI is InChI=1S/C12H16F3N3O2S.ClH/c13-12(14,15)11-6-5-10(7-17-11)21(19,20)18-9-3-1-8(16)2-4-9;/h5-9,18H,1-4,16H2;1H. The molecule has 1 aliphatic rings. The Morgan fingerprint density at radius 2 is 1.77 bits per heavy atom. The van der Waals surface area contributed by atoms with Gasteiger partial charge in [0.2, 0.25) is 10.0 Å². The van der Waals surface area contributed by atoms with Crippen LogP contribution in [0.2, 0.25) is 0 Å². The fourth-order valence-corrected chi connectivity index (χ4v) is 3.48. The number of nitrogens with one attached hydrogen (secondary N) is 1. The van der Waals surface area contributed by atoms with Crippen LogP contribution in [-0.2, 0) is 16.2 Å². The summed E-state index contributed by atoms with van der Waals surface area (Å²) in [5.41, 5.74) is 4.62. The minimum atomic E-state index is -4.59. The van der Waals surface area contributed by atoms with Crippen molar-refractivity contribution < 1.29 is 21.6 Å². The first kappa shape index (κ1) is 19.1. The quantitative estimate of drug-likeness (QED) is 0.865. The highest BCUT2D eigenvalue weighted by Crippen LogP contribution is 2.28. The fourth-order valence-electron chi connectivity index (χ4n) is 2.23. The van der Waals surface area contributed by atoms with Crippen LogP contribution in [0.3, 0.4) is 0 Å². The molecule has 1 fully saturated rings. The number of hydrogen-bond donors (Lipinski definition) is 2. The van der Waals surface area contributed by atoms with Gasteiger partial charge in [-0.2, -0.15) is 13.2 Å². The lowest BCUT2D eigenvalue weighted by molar-refractivity contribution is -0.141. The number of alkyl halides is 3. The zero-order chi connectivity index (χ0) is 15.7. The van der Waals surface area contributed by atoms with Crippen LogP contribution in [-0.4, -0.2) is 25.5 Å². The van der Waals surface area contributed by atoms with Crippen LogP contribution in [0.1, 0.15) is 31.4 Å². The Kier molecular flexibility index (Phi) is 6.19. The number of sulfonamides is 1. The number of halogens is 4. The molecule has 22 heavy (non-hydrogen) atoms. The van der Waals surface area contributed by atoms with Crippen molar-refractivity contribution in [2.24, 2.45) is 5.73 Å². The average Bonchev–Trinajstić information content (AvgIpc) is 2.40. The molecule has 1 aromatic heterocycles. The zero-order valence-corrected chi connectivity index (χ0v) is 13.1. The molecule has 1 heterocycles. The molecule has 0 aromatic carbocycles. The van der Waals surface area contributed by atoms with E-state index in [0.717, 1.165) is 25.1 Å². The molecule has 0 amide bonds. The van der Waals surface area contributed by atoms with E-state index in [0.29, 0.717) is 18.9 Å². The summed E-state index contributed by atoms with van der Waals surface area (Å²) in [6.07, 6.45) is -1.19. The van der Waals surface area contributed by atoms with E-state index >= 15 is 0 Å². The summed E-state index contributed by atoms with van der Waals surface area (Å²) in [4.78, 5) is 2.88. The molecule has 1 aliphatic carbocycles. The molecule has 3 N–H and O–H groups in total. The van der Waals surface area contributed by atoms with Gasteiger partial charge in [-0.05, 0) is 37.8 Å². The number of rotatable bonds is 3. The van der Waals surface area contributed by atoms with Gasteiger partial charge in [-0.25, -0.2) is 13.1 Å². The molecule has 0 unspecified atom stereocenters. The van der Waals surface area contributed by atoms with Gasteiger partial charge in [0.15, 0.2) is 0 Å². The van der Waals surface area contributed by atoms with E-state index in [4.69, 9.17) is 5.73 Å². The molecule has 0 saturated heterocycles. The fraction of sp³-hybridized carbons (Fsp3) is 0.583. The molecule has 0 bridgehead atoms. The van der Waals surface area contributed by atoms with Gasteiger partial charge < -0.3 is 5.73 Å². The van der Waals surface area contributed by atoms with Gasteiger partial charge in [-0.1, -0.05) is 0 Å². The van der Waals surface area contributed by atoms with Gasteiger partial charge >= 0.3 is 6.18 Å². The summed E-state index contributed by atoms with van der Waals surface area (Å²) in [7, 11) is -3.86. The molecule has 10 heteroatoms. The molecule has 126 valence electrons. The number of nitrogens with two attached hydrogens (primary N) is 1. The third-order valence-corrected chi connectivity index (χ3v) is 4.94. The molecule has 0 radical (unpaired) electrons. The Bertz CT molecular complexity index is 585. The van der Waals surface area contributed by atoms with Crippen molar-refractivity contribution in [1.29, 1.82) is 0 Å². The smallest absolute Gasteiger partial charge is 0.328 e. The zero-order valence-electron chi connectivity index (χ0n) is 11.5. The molecule has 0 aliphatic heterocycles. The lowest BCUT2D eigenvalue weighted by atomic mass is 9.93. The molecule has 5 nitrogen and oxygen atoms in total. The molecule has 1 saturated carbocycles. The van der Waals surface area contributed by atoms with Crippen molar-refractivity contribution in [3.8, 4) is 0 Å². The Morgan fingerprint density at radius 1 is 1.18 bits per heavy atom. The van der Waals surface area contributed by atoms with E-state index in [1.165, 1.54) is 0 Å². The Morgan fingerprint density at radius 3 is 2.23 bits per heavy atom. The predicted octanol–water partition coefficient (Wildman–Crippen LogP) is 2.07. The summed E-state index contributed by atoms with van der Waals surface area (Å²) in [6.45, 7) is 0. The maximum atomic E-state index is 12.4. The highest BCUT2D eigenvalue weighted by atomic mass is 35.5. The van der Waals surface area contributed by atoms with Crippen LogP contribution in [0.5, 0.6) is 0 Å². The normalized spacial score (nSPS) is 22.9. The number of hydrogen-bond acceptors (Lipinski definition) is 4. The van der Waals surface area contributed by atoms with E-state index in [1.54, 1.807) is 0 Å². The molecule has 0 spiro atoms. The van der Waals surface area contributed by atoms with E-state index in [2.05, 4.69) is 9.71 Å². The molecular weight excluding hydrogens is 343 g/mol. The van der Waals surface area contributed by atoms with Crippen LogP contribution < -0.4 is 10.5 Å². The topological polar surface area (TPSA) is 85.1 Å². The van der Waals surface area contributed by atoms with Gasteiger partial charge in [0.05, 0.1) is 0 Å². The summed E-state index contributed by atoms with van der Waals surface area (Å²) in [6, 6.07) is 1.41. The van der Waals surface area contributed by atoms with E-state index in [1.807, 2.05) is 0 Å². The first-order valence-electron chi connectivity index (χ1n) is 6.49. The second kappa shape index (κ2) is 7.12. The summed E-state index contributed by atoms with van der Waals surface area (Å²) >= 11 is 0. The number of pyridine rings is 1. The van der Waals surface area contributed by atoms with E-state index in [-0.39, 0.29) is 29.4 Å². The van der Waals surface area contributed by atoms with Gasteiger partial charge in [0.1, 0.15) is 10.6 Å². The number of aromatic nitrogens is 1. The SMILES string of the molecule is Cl.NC1CCC(NS(=O)(=O)c2ccc(C(F)(F)F)nc2)CC1. The highest BCUT2D eigenvalue weighted by molar-refractivity contribution is 7.89. The summed E-state index contributed by atoms with van der Waals surface area (Å²) in [5, 5.41) is 0. The molecule has 2 rings (SSSR count). The summed E-state index contributed by atoms with van der Waals surface area (Å²) < 4.78 is 63.8. The summed E-state index contributed by atoms with van der Waals surface area (Å²) in [5.74, 6) is 0. The van der Waals surface area contributed by atoms with Crippen molar-refractivity contribution in [2.75, 3.05) is 0 Å². The van der Waals surface area contributed by atoms with Crippen molar-refractivity contribution in [3.63, 3.8) is 0 Å². The molecule has 1 aromatic rings. The minimum Gasteiger partial charge on any atom is -0.328 e. The Hall–Kier alpha value is -0.900. The average molecular weight is 360 g/mol. The van der Waals surface area contributed by atoms with Crippen molar-refractivity contribution >= 4 is 22.4 Å². The van der Waals surface area contributed by atoms with Gasteiger partial charge in [-0.3, -0.25) is 4.98 Å². The largest absolute Gasteiger partial charge is 0.433 e. The van der Waals surface area contributed by atoms with E-state index in [9.17, 15) is 21.6 Å². The minimum absolute atomic E-state index is 0. The lowest BCUT2D eigenvalue weighted by Gasteiger charge is -2.26. The third-order valence-electron chi connectivity index (χ3n) is 3.43. The predicted molar refractivity (Wildman–Crippen MR) is 77.0 cm³/mol. The maximum absolute atomic E-state index is 12.4. The van der Waals surface area contributed by atoms with Gasteiger partial charge in [0.25, 0.3) is 0 Å². The first-order valence-corrected chi connectivity index (χ1v) is 7.98. The second-order valence-electron chi connectivity index (χ2n) is 5.11.